The molecule has 1 atom stereocenters. The number of aromatic nitrogens is 3. The van der Waals surface area contributed by atoms with Crippen LogP contribution in [0, 0.1) is 6.92 Å². The highest BCUT2D eigenvalue weighted by molar-refractivity contribution is 5.81. The van der Waals surface area contributed by atoms with Crippen molar-refractivity contribution in [3.8, 4) is 0 Å². The Morgan fingerprint density at radius 1 is 1.24 bits per heavy atom. The molecule has 1 aliphatic heterocycles. The second-order valence-electron chi connectivity index (χ2n) is 8.28. The van der Waals surface area contributed by atoms with Gasteiger partial charge in [-0.1, -0.05) is 29.8 Å². The van der Waals surface area contributed by atoms with Crippen molar-refractivity contribution in [1.82, 2.24) is 24.6 Å². The minimum Gasteiger partial charge on any atom is -0.342 e. The smallest absolute Gasteiger partial charge is 0.227 e. The molecule has 4 rings (SSSR count). The summed E-state index contributed by atoms with van der Waals surface area (Å²) in [6, 6.07) is 12.3. The molecule has 3 aromatic rings. The van der Waals surface area contributed by atoms with Gasteiger partial charge in [0.15, 0.2) is 5.65 Å². The lowest BCUT2D eigenvalue weighted by Crippen LogP contribution is -2.30. The monoisotopic (exact) mass is 391 g/mol. The summed E-state index contributed by atoms with van der Waals surface area (Å²) in [5.41, 5.74) is 4.30. The summed E-state index contributed by atoms with van der Waals surface area (Å²) in [7, 11) is 4.13. The predicted molar refractivity (Wildman–Crippen MR) is 115 cm³/mol. The van der Waals surface area contributed by atoms with Crippen LogP contribution < -0.4 is 0 Å². The van der Waals surface area contributed by atoms with Crippen LogP contribution in [0.4, 0.5) is 0 Å². The van der Waals surface area contributed by atoms with Crippen LogP contribution in [-0.4, -0.2) is 64.2 Å². The number of pyridine rings is 1. The molecule has 6 nitrogen and oxygen atoms in total. The Bertz CT molecular complexity index is 1010. The molecule has 1 amide bonds. The van der Waals surface area contributed by atoms with Gasteiger partial charge in [0.05, 0.1) is 18.7 Å². The topological polar surface area (TPSA) is 54.3 Å². The summed E-state index contributed by atoms with van der Waals surface area (Å²) in [6.07, 6.45) is 3.24. The Hall–Kier alpha value is -2.73. The molecule has 1 aromatic carbocycles. The average molecular weight is 392 g/mol. The van der Waals surface area contributed by atoms with Crippen LogP contribution in [0.5, 0.6) is 0 Å². The van der Waals surface area contributed by atoms with Crippen LogP contribution in [0.2, 0.25) is 0 Å². The van der Waals surface area contributed by atoms with E-state index in [1.165, 1.54) is 5.56 Å². The maximum Gasteiger partial charge on any atom is 0.227 e. The van der Waals surface area contributed by atoms with Gasteiger partial charge in [-0.05, 0) is 45.1 Å². The number of aryl methyl sites for hydroxylation is 1. The first-order valence-corrected chi connectivity index (χ1v) is 10.3. The van der Waals surface area contributed by atoms with Crippen LogP contribution in [0.3, 0.4) is 0 Å². The fourth-order valence-electron chi connectivity index (χ4n) is 4.10. The van der Waals surface area contributed by atoms with Gasteiger partial charge in [-0.25, -0.2) is 9.67 Å². The van der Waals surface area contributed by atoms with Gasteiger partial charge in [0, 0.05) is 37.1 Å². The molecule has 0 saturated carbocycles. The van der Waals surface area contributed by atoms with E-state index in [1.807, 2.05) is 34.0 Å². The number of hydrogen-bond donors (Lipinski definition) is 0. The van der Waals surface area contributed by atoms with Crippen LogP contribution in [0.15, 0.2) is 42.6 Å². The number of rotatable bonds is 6. The van der Waals surface area contributed by atoms with E-state index >= 15 is 0 Å². The van der Waals surface area contributed by atoms with Crippen molar-refractivity contribution in [3.05, 3.63) is 59.4 Å². The maximum atomic E-state index is 12.8. The van der Waals surface area contributed by atoms with Crippen LogP contribution in [0.1, 0.15) is 29.2 Å². The van der Waals surface area contributed by atoms with Gasteiger partial charge < -0.3 is 9.80 Å². The highest BCUT2D eigenvalue weighted by Crippen LogP contribution is 2.31. The zero-order valence-electron chi connectivity index (χ0n) is 17.5. The minimum atomic E-state index is 0.201. The van der Waals surface area contributed by atoms with E-state index in [4.69, 9.17) is 5.10 Å². The van der Waals surface area contributed by atoms with E-state index in [9.17, 15) is 4.79 Å². The predicted octanol–water partition coefficient (Wildman–Crippen LogP) is 2.86. The summed E-state index contributed by atoms with van der Waals surface area (Å²) in [4.78, 5) is 21.5. The van der Waals surface area contributed by atoms with Gasteiger partial charge in [-0.3, -0.25) is 4.79 Å². The molecule has 29 heavy (non-hydrogen) atoms. The first-order valence-electron chi connectivity index (χ1n) is 10.3. The summed E-state index contributed by atoms with van der Waals surface area (Å²) in [5, 5.41) is 6.04. The van der Waals surface area contributed by atoms with Gasteiger partial charge >= 0.3 is 0 Å². The van der Waals surface area contributed by atoms with Gasteiger partial charge in [0.1, 0.15) is 0 Å². The van der Waals surface area contributed by atoms with E-state index in [-0.39, 0.29) is 11.8 Å². The molecule has 1 saturated heterocycles. The standard InChI is InChI=1S/C23H29N5O/c1-17-6-4-7-18(14-17)15-21(29)27-11-9-19(16-27)22-20-8-5-10-24-23(20)28(25-22)13-12-26(2)3/h4-8,10,14,19H,9,11-13,15-16H2,1-3H3/t19-/m1/s1. The Kier molecular flexibility index (Phi) is 5.62. The highest BCUT2D eigenvalue weighted by Gasteiger charge is 2.30. The molecule has 0 spiro atoms. The Morgan fingerprint density at radius 2 is 2.10 bits per heavy atom. The lowest BCUT2D eigenvalue weighted by atomic mass is 10.0. The molecule has 6 heteroatoms. The van der Waals surface area contributed by atoms with Crippen molar-refractivity contribution < 1.29 is 4.79 Å². The molecule has 1 aliphatic rings. The SMILES string of the molecule is Cc1cccc(CC(=O)N2CC[C@@H](c3nn(CCN(C)C)c4ncccc34)C2)c1. The molecule has 3 heterocycles. The number of hydrogen-bond acceptors (Lipinski definition) is 4. The Balaban J connectivity index is 1.50. The lowest BCUT2D eigenvalue weighted by Gasteiger charge is -2.16. The number of fused-ring (bicyclic) bond motifs is 1. The third-order valence-electron chi connectivity index (χ3n) is 5.66. The minimum absolute atomic E-state index is 0.201. The summed E-state index contributed by atoms with van der Waals surface area (Å²) in [6.45, 7) is 5.31. The first-order chi connectivity index (χ1) is 14.0. The van der Waals surface area contributed by atoms with Crippen molar-refractivity contribution in [1.29, 1.82) is 0 Å². The molecule has 0 unspecified atom stereocenters. The van der Waals surface area contributed by atoms with Crippen LogP contribution in [-0.2, 0) is 17.8 Å². The Labute approximate surface area is 172 Å². The number of amides is 1. The van der Waals surface area contributed by atoms with Crippen molar-refractivity contribution in [2.45, 2.75) is 32.2 Å². The molecule has 0 N–H and O–H groups in total. The largest absolute Gasteiger partial charge is 0.342 e. The van der Waals surface area contributed by atoms with Gasteiger partial charge in [0.25, 0.3) is 0 Å². The van der Waals surface area contributed by atoms with E-state index in [0.717, 1.165) is 54.9 Å². The van der Waals surface area contributed by atoms with Gasteiger partial charge in [-0.2, -0.15) is 5.10 Å². The molecular formula is C23H29N5O. The molecule has 0 bridgehead atoms. The third kappa shape index (κ3) is 4.32. The van der Waals surface area contributed by atoms with Gasteiger partial charge in [-0.15, -0.1) is 0 Å². The molecule has 0 aliphatic carbocycles. The second kappa shape index (κ2) is 8.33. The number of carbonyl (C=O) groups excluding carboxylic acids is 1. The molecule has 152 valence electrons. The zero-order valence-corrected chi connectivity index (χ0v) is 17.5. The summed E-state index contributed by atoms with van der Waals surface area (Å²) >= 11 is 0. The number of nitrogens with zero attached hydrogens (tertiary/aromatic N) is 5. The number of carbonyl (C=O) groups is 1. The van der Waals surface area contributed by atoms with Crippen LogP contribution in [0.25, 0.3) is 11.0 Å². The normalized spacial score (nSPS) is 16.8. The fraction of sp³-hybridized carbons (Fsp3) is 0.435. The molecule has 1 fully saturated rings. The number of likely N-dealkylation sites (tertiary alicyclic amines) is 1. The van der Waals surface area contributed by atoms with E-state index in [1.54, 1.807) is 0 Å². The maximum absolute atomic E-state index is 12.8. The molecule has 0 radical (unpaired) electrons. The van der Waals surface area contributed by atoms with E-state index < -0.39 is 0 Å². The van der Waals surface area contributed by atoms with E-state index in [2.05, 4.69) is 49.1 Å². The molecule has 2 aromatic heterocycles. The summed E-state index contributed by atoms with van der Waals surface area (Å²) < 4.78 is 2.02. The van der Waals surface area contributed by atoms with Crippen LogP contribution >= 0.6 is 0 Å². The summed E-state index contributed by atoms with van der Waals surface area (Å²) in [5.74, 6) is 0.469. The third-order valence-corrected chi connectivity index (χ3v) is 5.66. The fourth-order valence-corrected chi connectivity index (χ4v) is 4.10. The quantitative estimate of drug-likeness (QED) is 0.648. The number of likely N-dealkylation sites (N-methyl/N-ethyl adjacent to an activating group) is 1. The average Bonchev–Trinajstić information content (AvgIpc) is 3.31. The lowest BCUT2D eigenvalue weighted by molar-refractivity contribution is -0.129. The molecular weight excluding hydrogens is 362 g/mol. The van der Waals surface area contributed by atoms with Crippen molar-refractivity contribution in [3.63, 3.8) is 0 Å². The van der Waals surface area contributed by atoms with Crippen molar-refractivity contribution in [2.75, 3.05) is 33.7 Å². The van der Waals surface area contributed by atoms with Crippen molar-refractivity contribution >= 4 is 16.9 Å². The van der Waals surface area contributed by atoms with Crippen molar-refractivity contribution in [2.24, 2.45) is 0 Å². The van der Waals surface area contributed by atoms with Gasteiger partial charge in [0.2, 0.25) is 5.91 Å². The second-order valence-corrected chi connectivity index (χ2v) is 8.28. The first kappa shape index (κ1) is 19.6. The zero-order chi connectivity index (χ0) is 20.4. The Morgan fingerprint density at radius 3 is 2.90 bits per heavy atom. The highest BCUT2D eigenvalue weighted by atomic mass is 16.2. The van der Waals surface area contributed by atoms with E-state index in [0.29, 0.717) is 6.42 Å². The number of benzene rings is 1.